The summed E-state index contributed by atoms with van der Waals surface area (Å²) < 4.78 is 1.27. The third kappa shape index (κ3) is 2.88. The summed E-state index contributed by atoms with van der Waals surface area (Å²) in [5.41, 5.74) is -0.789. The highest BCUT2D eigenvalue weighted by Crippen LogP contribution is 2.20. The molecular weight excluding hydrogens is 276 g/mol. The van der Waals surface area contributed by atoms with E-state index in [-0.39, 0.29) is 18.2 Å². The Kier molecular flexibility index (Phi) is 3.71. The van der Waals surface area contributed by atoms with E-state index in [1.54, 1.807) is 7.05 Å². The van der Waals surface area contributed by atoms with Crippen molar-refractivity contribution >= 4 is 23.5 Å². The van der Waals surface area contributed by atoms with E-state index in [0.29, 0.717) is 12.2 Å². The molecule has 0 unspecified atom stereocenters. The molecule has 8 nitrogen and oxygen atoms in total. The number of rotatable bonds is 4. The zero-order valence-electron chi connectivity index (χ0n) is 12.2. The summed E-state index contributed by atoms with van der Waals surface area (Å²) in [6.07, 6.45) is 3.05. The molecule has 0 aromatic carbocycles. The van der Waals surface area contributed by atoms with E-state index in [1.165, 1.54) is 35.8 Å². The number of aromatic nitrogens is 2. The second kappa shape index (κ2) is 5.19. The number of nitrogens with zero attached hydrogens (tertiary/aromatic N) is 3. The molecule has 1 aromatic heterocycles. The van der Waals surface area contributed by atoms with Gasteiger partial charge in [-0.25, -0.2) is 4.79 Å². The van der Waals surface area contributed by atoms with Crippen LogP contribution in [0.25, 0.3) is 0 Å². The van der Waals surface area contributed by atoms with Crippen LogP contribution in [-0.4, -0.2) is 51.2 Å². The van der Waals surface area contributed by atoms with Crippen molar-refractivity contribution < 1.29 is 19.5 Å². The molecule has 2 amide bonds. The number of hydrogen-bond donors (Lipinski definition) is 2. The van der Waals surface area contributed by atoms with Gasteiger partial charge in [0.15, 0.2) is 5.54 Å². The van der Waals surface area contributed by atoms with Crippen LogP contribution < -0.4 is 5.32 Å². The normalized spacial score (nSPS) is 18.9. The van der Waals surface area contributed by atoms with Gasteiger partial charge in [0.2, 0.25) is 11.8 Å². The molecule has 0 bridgehead atoms. The van der Waals surface area contributed by atoms with Crippen molar-refractivity contribution in [2.24, 2.45) is 5.92 Å². The molecule has 0 saturated carbocycles. The summed E-state index contributed by atoms with van der Waals surface area (Å²) in [6.45, 7) is 3.41. The fourth-order valence-electron chi connectivity index (χ4n) is 2.07. The molecule has 0 radical (unpaired) electrons. The van der Waals surface area contributed by atoms with E-state index in [0.717, 1.165) is 0 Å². The van der Waals surface area contributed by atoms with E-state index in [4.69, 9.17) is 5.11 Å². The second-order valence-corrected chi connectivity index (χ2v) is 5.70. The number of carbonyl (C=O) groups is 3. The SMILES string of the molecule is CN1C[C@H](C(=O)Nc2cnn(C(C)(C)C(=O)O)c2)CC1=O. The van der Waals surface area contributed by atoms with Gasteiger partial charge in [0.25, 0.3) is 0 Å². The molecular formula is C13H18N4O4. The van der Waals surface area contributed by atoms with Gasteiger partial charge >= 0.3 is 5.97 Å². The lowest BCUT2D eigenvalue weighted by atomic mass is 10.1. The predicted molar refractivity (Wildman–Crippen MR) is 73.6 cm³/mol. The van der Waals surface area contributed by atoms with Crippen molar-refractivity contribution in [3.05, 3.63) is 12.4 Å². The van der Waals surface area contributed by atoms with Crippen LogP contribution in [0.1, 0.15) is 20.3 Å². The summed E-state index contributed by atoms with van der Waals surface area (Å²) in [6, 6.07) is 0. The molecule has 0 spiro atoms. The average molecular weight is 294 g/mol. The van der Waals surface area contributed by atoms with Crippen LogP contribution in [0.2, 0.25) is 0 Å². The fraction of sp³-hybridized carbons (Fsp3) is 0.538. The third-order valence-corrected chi connectivity index (χ3v) is 3.66. The number of hydrogen-bond acceptors (Lipinski definition) is 4. The summed E-state index contributed by atoms with van der Waals surface area (Å²) in [5.74, 6) is -1.73. The Hall–Kier alpha value is -2.38. The first kappa shape index (κ1) is 15.0. The number of aliphatic carboxylic acids is 1. The molecule has 1 atom stereocenters. The molecule has 8 heteroatoms. The zero-order valence-corrected chi connectivity index (χ0v) is 12.2. The van der Waals surface area contributed by atoms with Crippen LogP contribution in [0.15, 0.2) is 12.4 Å². The minimum atomic E-state index is -1.20. The van der Waals surface area contributed by atoms with Gasteiger partial charge in [0.1, 0.15) is 0 Å². The molecule has 2 rings (SSSR count). The highest BCUT2D eigenvalue weighted by molar-refractivity contribution is 5.97. The van der Waals surface area contributed by atoms with Crippen molar-refractivity contribution in [2.75, 3.05) is 18.9 Å². The maximum absolute atomic E-state index is 12.1. The van der Waals surface area contributed by atoms with E-state index in [1.807, 2.05) is 0 Å². The van der Waals surface area contributed by atoms with Crippen molar-refractivity contribution in [1.82, 2.24) is 14.7 Å². The van der Waals surface area contributed by atoms with Crippen LogP contribution in [0.3, 0.4) is 0 Å². The predicted octanol–water partition coefficient (Wildman–Crippen LogP) is 0.120. The van der Waals surface area contributed by atoms with E-state index >= 15 is 0 Å². The van der Waals surface area contributed by atoms with E-state index in [9.17, 15) is 14.4 Å². The summed E-state index contributed by atoms with van der Waals surface area (Å²) in [7, 11) is 1.66. The van der Waals surface area contributed by atoms with Crippen LogP contribution in [0.4, 0.5) is 5.69 Å². The smallest absolute Gasteiger partial charge is 0.331 e. The first-order valence-electron chi connectivity index (χ1n) is 6.55. The minimum absolute atomic E-state index is 0.0575. The van der Waals surface area contributed by atoms with Crippen LogP contribution in [0.5, 0.6) is 0 Å². The van der Waals surface area contributed by atoms with E-state index < -0.39 is 17.4 Å². The maximum atomic E-state index is 12.1. The molecule has 1 aliphatic rings. The third-order valence-electron chi connectivity index (χ3n) is 3.66. The quantitative estimate of drug-likeness (QED) is 0.820. The number of anilines is 1. The summed E-state index contributed by atoms with van der Waals surface area (Å²) in [5, 5.41) is 15.8. The van der Waals surface area contributed by atoms with Crippen molar-refractivity contribution in [3.63, 3.8) is 0 Å². The number of likely N-dealkylation sites (tertiary alicyclic amines) is 1. The van der Waals surface area contributed by atoms with Crippen LogP contribution in [0, 0.1) is 5.92 Å². The molecule has 1 aromatic rings. The van der Waals surface area contributed by atoms with Gasteiger partial charge in [-0.3, -0.25) is 14.3 Å². The number of amides is 2. The highest BCUT2D eigenvalue weighted by atomic mass is 16.4. The van der Waals surface area contributed by atoms with Gasteiger partial charge in [-0.15, -0.1) is 0 Å². The molecule has 1 saturated heterocycles. The molecule has 21 heavy (non-hydrogen) atoms. The zero-order chi connectivity index (χ0) is 15.8. The van der Waals surface area contributed by atoms with Gasteiger partial charge in [0, 0.05) is 26.2 Å². The number of carboxylic acids is 1. The van der Waals surface area contributed by atoms with Gasteiger partial charge < -0.3 is 15.3 Å². The number of carbonyl (C=O) groups excluding carboxylic acids is 2. The van der Waals surface area contributed by atoms with Gasteiger partial charge in [-0.2, -0.15) is 5.10 Å². The molecule has 1 fully saturated rings. The van der Waals surface area contributed by atoms with Crippen molar-refractivity contribution in [3.8, 4) is 0 Å². The Balaban J connectivity index is 2.05. The van der Waals surface area contributed by atoms with Gasteiger partial charge in [-0.1, -0.05) is 0 Å². The lowest BCUT2D eigenvalue weighted by Crippen LogP contribution is -2.36. The van der Waals surface area contributed by atoms with Crippen LogP contribution >= 0.6 is 0 Å². The molecule has 0 aliphatic carbocycles. The lowest BCUT2D eigenvalue weighted by molar-refractivity contribution is -0.146. The summed E-state index contributed by atoms with van der Waals surface area (Å²) in [4.78, 5) is 36.1. The highest BCUT2D eigenvalue weighted by Gasteiger charge is 2.33. The molecule has 2 heterocycles. The molecule has 114 valence electrons. The average Bonchev–Trinajstić information content (AvgIpc) is 2.98. The Bertz CT molecular complexity index is 593. The Labute approximate surface area is 121 Å². The number of carboxylic acid groups (broad SMARTS) is 1. The Morgan fingerprint density at radius 3 is 2.67 bits per heavy atom. The first-order valence-corrected chi connectivity index (χ1v) is 6.55. The Morgan fingerprint density at radius 2 is 2.14 bits per heavy atom. The Morgan fingerprint density at radius 1 is 1.48 bits per heavy atom. The minimum Gasteiger partial charge on any atom is -0.479 e. The van der Waals surface area contributed by atoms with Crippen molar-refractivity contribution in [2.45, 2.75) is 25.8 Å². The maximum Gasteiger partial charge on any atom is 0.331 e. The second-order valence-electron chi connectivity index (χ2n) is 5.70. The van der Waals surface area contributed by atoms with E-state index in [2.05, 4.69) is 10.4 Å². The number of nitrogens with one attached hydrogen (secondary N) is 1. The first-order chi connectivity index (χ1) is 9.71. The van der Waals surface area contributed by atoms with Crippen molar-refractivity contribution in [1.29, 1.82) is 0 Å². The van der Waals surface area contributed by atoms with Crippen LogP contribution in [-0.2, 0) is 19.9 Å². The monoisotopic (exact) mass is 294 g/mol. The largest absolute Gasteiger partial charge is 0.479 e. The standard InChI is InChI=1S/C13H18N4O4/c1-13(2,12(20)21)17-7-9(5-14-17)15-11(19)8-4-10(18)16(3)6-8/h5,7-8H,4,6H2,1-3H3,(H,15,19)(H,20,21)/t8-/m1/s1. The summed E-state index contributed by atoms with van der Waals surface area (Å²) >= 11 is 0. The van der Waals surface area contributed by atoms with Gasteiger partial charge in [-0.05, 0) is 13.8 Å². The topological polar surface area (TPSA) is 105 Å². The molecule has 2 N–H and O–H groups in total. The molecule has 1 aliphatic heterocycles. The lowest BCUT2D eigenvalue weighted by Gasteiger charge is -2.19. The van der Waals surface area contributed by atoms with Gasteiger partial charge in [0.05, 0.1) is 17.8 Å². The fourth-order valence-corrected chi connectivity index (χ4v) is 2.07.